The lowest BCUT2D eigenvalue weighted by Crippen LogP contribution is -2.38. The summed E-state index contributed by atoms with van der Waals surface area (Å²) in [6.07, 6.45) is 7.36. The van der Waals surface area contributed by atoms with Gasteiger partial charge in [-0.05, 0) is 73.7 Å². The van der Waals surface area contributed by atoms with Crippen molar-refractivity contribution in [1.29, 1.82) is 0 Å². The number of alkyl halides is 1. The van der Waals surface area contributed by atoms with Crippen LogP contribution in [0.1, 0.15) is 25.7 Å². The highest BCUT2D eigenvalue weighted by molar-refractivity contribution is 9.09. The molecule has 2 atom stereocenters. The van der Waals surface area contributed by atoms with Crippen LogP contribution in [-0.2, 0) is 18.9 Å². The topological polar surface area (TPSA) is 124 Å². The van der Waals surface area contributed by atoms with E-state index in [1.165, 1.54) is 36.2 Å². The van der Waals surface area contributed by atoms with Crippen molar-refractivity contribution >= 4 is 98.1 Å². The van der Waals surface area contributed by atoms with Crippen molar-refractivity contribution in [2.75, 3.05) is 85.0 Å². The lowest BCUT2D eigenvalue weighted by molar-refractivity contribution is 0.136. The molecule has 2 fully saturated rings. The van der Waals surface area contributed by atoms with Gasteiger partial charge in [0.05, 0.1) is 69.7 Å². The van der Waals surface area contributed by atoms with Crippen molar-refractivity contribution < 1.29 is 37.3 Å². The van der Waals surface area contributed by atoms with Crippen molar-refractivity contribution in [2.45, 2.75) is 37.9 Å². The quantitative estimate of drug-likeness (QED) is 0.127. The molecule has 0 saturated carbocycles. The molecule has 4 heterocycles. The maximum atomic E-state index is 14.7. The van der Waals surface area contributed by atoms with Crippen molar-refractivity contribution in [1.82, 2.24) is 10.4 Å². The van der Waals surface area contributed by atoms with Gasteiger partial charge >= 0.3 is 12.2 Å². The Bertz CT molecular complexity index is 1810. The van der Waals surface area contributed by atoms with Gasteiger partial charge in [0.25, 0.3) is 0 Å². The molecule has 0 bridgehead atoms. The van der Waals surface area contributed by atoms with Gasteiger partial charge in [-0.25, -0.2) is 18.4 Å². The molecule has 2 aromatic rings. The Labute approximate surface area is 350 Å². The van der Waals surface area contributed by atoms with Crippen LogP contribution < -0.4 is 25.0 Å². The van der Waals surface area contributed by atoms with Gasteiger partial charge in [0, 0.05) is 31.3 Å². The summed E-state index contributed by atoms with van der Waals surface area (Å²) >= 11 is 13.1. The summed E-state index contributed by atoms with van der Waals surface area (Å²) in [4.78, 5) is 30.6. The smallest absolute Gasteiger partial charge is 0.414 e. The van der Waals surface area contributed by atoms with Crippen LogP contribution in [0, 0.1) is 11.6 Å². The van der Waals surface area contributed by atoms with Crippen LogP contribution in [0.5, 0.6) is 0 Å². The highest BCUT2D eigenvalue weighted by atomic mass is 79.9. The Morgan fingerprint density at radius 2 is 1.37 bits per heavy atom. The summed E-state index contributed by atoms with van der Waals surface area (Å²) in [6.45, 7) is 11.0. The van der Waals surface area contributed by atoms with E-state index in [9.17, 15) is 18.4 Å². The number of methoxy groups -OCH3 is 2. The lowest BCUT2D eigenvalue weighted by atomic mass is 10.2. The van der Waals surface area contributed by atoms with E-state index in [1.807, 2.05) is 5.01 Å². The Balaban J connectivity index is 0.000000232. The first-order chi connectivity index (χ1) is 27.5. The lowest BCUT2D eigenvalue weighted by Gasteiger charge is -2.29. The van der Waals surface area contributed by atoms with Crippen LogP contribution in [0.15, 0.2) is 71.9 Å². The predicted octanol–water partition coefficient (Wildman–Crippen LogP) is 6.98. The molecular formula is C38H47BrF2N8O6S2. The molecule has 2 amide bonds. The number of hydrogen-bond donors (Lipinski definition) is 1. The molecule has 308 valence electrons. The number of anilines is 4. The fourth-order valence-electron chi connectivity index (χ4n) is 5.85. The SMILES string of the molecule is C=CCBr.C=CCN1CCN(c2ccc(N3C[C@H](CCC(=S)OC)OC3=O)cc2F)C=N1.COC(=S)CC[C@H]1CN(c2ccc(N3C=NNCC3)c(F)c2)C(=O)O1. The van der Waals surface area contributed by atoms with Gasteiger partial charge in [-0.2, -0.15) is 10.2 Å². The van der Waals surface area contributed by atoms with E-state index in [-0.39, 0.29) is 12.2 Å². The zero-order valence-corrected chi connectivity index (χ0v) is 35.1. The fraction of sp³-hybridized carbons (Fsp3) is 0.421. The van der Waals surface area contributed by atoms with Crippen LogP contribution in [0.3, 0.4) is 0 Å². The number of thiocarbonyl (C=S) groups is 2. The largest absolute Gasteiger partial charge is 0.490 e. The number of allylic oxidation sites excluding steroid dienone is 1. The van der Waals surface area contributed by atoms with Gasteiger partial charge in [-0.15, -0.1) is 13.2 Å². The summed E-state index contributed by atoms with van der Waals surface area (Å²) in [7, 11) is 3.03. The van der Waals surface area contributed by atoms with E-state index in [0.29, 0.717) is 104 Å². The maximum Gasteiger partial charge on any atom is 0.414 e. The monoisotopic (exact) mass is 892 g/mol. The second-order valence-electron chi connectivity index (χ2n) is 12.6. The first kappa shape index (κ1) is 44.8. The standard InChI is InChI=1S/C19H23FN4O3S.C16H19FN4O3S.C3H5Br/c1-3-8-23-10-9-22(13-21-23)17-6-4-14(11-16(17)20)24-12-15(27-19(24)25)5-7-18(28)26-2;1-23-15(25)5-3-12-9-21(16(22)24-12)11-2-4-14(13(17)8-11)20-7-6-18-19-10-20;1-2-3-4/h3-4,6,11,13,15H,1,5,7-10,12H2,2H3;2,4,8,10,12,18H,3,5-7,9H2,1H3;2H,1,3H2/t15-;12-;/m00./s1. The Kier molecular flexibility index (Phi) is 17.9. The van der Waals surface area contributed by atoms with Crippen molar-refractivity contribution in [3.63, 3.8) is 0 Å². The van der Waals surface area contributed by atoms with Crippen LogP contribution >= 0.6 is 40.4 Å². The van der Waals surface area contributed by atoms with E-state index in [0.717, 1.165) is 5.33 Å². The number of nitrogens with one attached hydrogen (secondary N) is 1. The maximum absolute atomic E-state index is 14.7. The summed E-state index contributed by atoms with van der Waals surface area (Å²) < 4.78 is 49.8. The van der Waals surface area contributed by atoms with Gasteiger partial charge in [-0.3, -0.25) is 14.8 Å². The molecule has 4 aliphatic rings. The number of carbonyl (C=O) groups is 2. The third-order valence-electron chi connectivity index (χ3n) is 8.80. The van der Waals surface area contributed by atoms with E-state index in [4.69, 9.17) is 43.4 Å². The number of rotatable bonds is 13. The minimum Gasteiger partial charge on any atom is -0.490 e. The minimum absolute atomic E-state index is 0.288. The molecule has 2 saturated heterocycles. The van der Waals surface area contributed by atoms with Crippen molar-refractivity contribution in [3.8, 4) is 0 Å². The zero-order chi connectivity index (χ0) is 41.3. The number of nitrogens with zero attached hydrogens (tertiary/aromatic N) is 7. The van der Waals surface area contributed by atoms with Crippen molar-refractivity contribution in [3.05, 3.63) is 73.3 Å². The van der Waals surface area contributed by atoms with Crippen LogP contribution in [0.2, 0.25) is 0 Å². The van der Waals surface area contributed by atoms with E-state index in [1.54, 1.807) is 58.9 Å². The highest BCUT2D eigenvalue weighted by Gasteiger charge is 2.34. The molecule has 0 spiro atoms. The fourth-order valence-corrected chi connectivity index (χ4v) is 6.09. The minimum atomic E-state index is -0.486. The normalized spacial score (nSPS) is 18.4. The third kappa shape index (κ3) is 13.1. The molecule has 4 aliphatic heterocycles. The molecule has 19 heteroatoms. The number of cyclic esters (lactones) is 2. The van der Waals surface area contributed by atoms with Crippen LogP contribution in [0.25, 0.3) is 0 Å². The van der Waals surface area contributed by atoms with E-state index >= 15 is 0 Å². The summed E-state index contributed by atoms with van der Waals surface area (Å²) in [6, 6.07) is 9.41. The number of ether oxygens (including phenoxy) is 4. The van der Waals surface area contributed by atoms with Gasteiger partial charge in [0.1, 0.15) is 36.5 Å². The average molecular weight is 894 g/mol. The van der Waals surface area contributed by atoms with E-state index in [2.05, 4.69) is 44.7 Å². The average Bonchev–Trinajstić information content (AvgIpc) is 3.80. The first-order valence-electron chi connectivity index (χ1n) is 18.1. The number of amides is 2. The van der Waals surface area contributed by atoms with Crippen molar-refractivity contribution in [2.24, 2.45) is 10.2 Å². The number of hydrogen-bond acceptors (Lipinski definition) is 14. The second kappa shape index (κ2) is 22.8. The predicted molar refractivity (Wildman–Crippen MR) is 231 cm³/mol. The number of benzene rings is 2. The highest BCUT2D eigenvalue weighted by Crippen LogP contribution is 2.30. The third-order valence-corrected chi connectivity index (χ3v) is 10.0. The number of halogens is 3. The van der Waals surface area contributed by atoms with Crippen LogP contribution in [-0.4, -0.2) is 118 Å². The van der Waals surface area contributed by atoms with Gasteiger partial charge in [-0.1, -0.05) is 28.1 Å². The molecule has 0 unspecified atom stereocenters. The molecule has 2 aromatic carbocycles. The first-order valence-corrected chi connectivity index (χ1v) is 20.0. The number of carbonyl (C=O) groups excluding carboxylic acids is 2. The molecule has 6 rings (SSSR count). The molecule has 1 N–H and O–H groups in total. The molecule has 14 nitrogen and oxygen atoms in total. The molecule has 0 aliphatic carbocycles. The Hall–Kier alpha value is -4.88. The Morgan fingerprint density at radius 1 is 0.860 bits per heavy atom. The van der Waals surface area contributed by atoms with Gasteiger partial charge in [0.2, 0.25) is 0 Å². The molecule has 0 aromatic heterocycles. The number of hydrazone groups is 2. The molecule has 0 radical (unpaired) electrons. The Morgan fingerprint density at radius 3 is 1.75 bits per heavy atom. The van der Waals surface area contributed by atoms with Crippen LogP contribution in [0.4, 0.5) is 41.1 Å². The van der Waals surface area contributed by atoms with Gasteiger partial charge in [0.15, 0.2) is 10.1 Å². The molecular weight excluding hydrogens is 847 g/mol. The zero-order valence-electron chi connectivity index (χ0n) is 31.9. The second-order valence-corrected chi connectivity index (χ2v) is 14.2. The summed E-state index contributed by atoms with van der Waals surface area (Å²) in [5.41, 5.74) is 4.58. The summed E-state index contributed by atoms with van der Waals surface area (Å²) in [5.74, 6) is -0.833. The van der Waals surface area contributed by atoms with E-state index < -0.39 is 23.8 Å². The molecule has 57 heavy (non-hydrogen) atoms. The van der Waals surface area contributed by atoms with Gasteiger partial charge < -0.3 is 34.2 Å². The summed E-state index contributed by atoms with van der Waals surface area (Å²) in [5, 5.41) is 11.9.